The predicted octanol–water partition coefficient (Wildman–Crippen LogP) is 3.36. The lowest BCUT2D eigenvalue weighted by atomic mass is 10.00. The number of likely N-dealkylation sites (N-methyl/N-ethyl adjacent to an activating group) is 1. The van der Waals surface area contributed by atoms with E-state index in [-0.39, 0.29) is 0 Å². The molecule has 0 spiro atoms. The molecule has 18 heavy (non-hydrogen) atoms. The Morgan fingerprint density at radius 3 is 2.61 bits per heavy atom. The second-order valence-electron chi connectivity index (χ2n) is 4.49. The maximum Gasteiger partial charge on any atom is 0.0629 e. The fourth-order valence-electron chi connectivity index (χ4n) is 2.22. The van der Waals surface area contributed by atoms with Crippen LogP contribution in [-0.2, 0) is 13.5 Å². The SMILES string of the molecule is CNC(Cc1c(C)nn(C)c1C)c1cscc1Br. The van der Waals surface area contributed by atoms with Gasteiger partial charge in [0.1, 0.15) is 0 Å². The van der Waals surface area contributed by atoms with Crippen LogP contribution < -0.4 is 5.32 Å². The number of rotatable bonds is 4. The minimum atomic E-state index is 0.326. The maximum atomic E-state index is 4.48. The average Bonchev–Trinajstić information content (AvgIpc) is 2.84. The number of aryl methyl sites for hydroxylation is 2. The summed E-state index contributed by atoms with van der Waals surface area (Å²) in [5.41, 5.74) is 5.04. The maximum absolute atomic E-state index is 4.48. The average molecular weight is 328 g/mol. The van der Waals surface area contributed by atoms with E-state index in [0.29, 0.717) is 6.04 Å². The van der Waals surface area contributed by atoms with E-state index in [1.807, 2.05) is 18.8 Å². The fourth-order valence-corrected chi connectivity index (χ4v) is 3.85. The summed E-state index contributed by atoms with van der Waals surface area (Å²) in [7, 11) is 4.01. The summed E-state index contributed by atoms with van der Waals surface area (Å²) in [4.78, 5) is 0. The van der Waals surface area contributed by atoms with E-state index in [1.54, 1.807) is 11.3 Å². The summed E-state index contributed by atoms with van der Waals surface area (Å²) in [5, 5.41) is 12.2. The normalized spacial score (nSPS) is 12.9. The molecule has 98 valence electrons. The van der Waals surface area contributed by atoms with Crippen molar-refractivity contribution in [3.05, 3.63) is 37.7 Å². The van der Waals surface area contributed by atoms with Crippen molar-refractivity contribution in [1.29, 1.82) is 0 Å². The Kier molecular flexibility index (Phi) is 4.25. The minimum absolute atomic E-state index is 0.326. The molecule has 1 unspecified atom stereocenters. The summed E-state index contributed by atoms with van der Waals surface area (Å²) in [6.07, 6.45) is 0.970. The first-order valence-electron chi connectivity index (χ1n) is 5.92. The van der Waals surface area contributed by atoms with E-state index >= 15 is 0 Å². The van der Waals surface area contributed by atoms with Crippen LogP contribution >= 0.6 is 27.3 Å². The highest BCUT2D eigenvalue weighted by atomic mass is 79.9. The zero-order valence-corrected chi connectivity index (χ0v) is 13.5. The highest BCUT2D eigenvalue weighted by Crippen LogP contribution is 2.30. The van der Waals surface area contributed by atoms with Crippen LogP contribution in [0.25, 0.3) is 0 Å². The van der Waals surface area contributed by atoms with E-state index in [2.05, 4.69) is 51.0 Å². The lowest BCUT2D eigenvalue weighted by Gasteiger charge is -2.16. The Labute approximate surface area is 120 Å². The zero-order chi connectivity index (χ0) is 13.3. The third kappa shape index (κ3) is 2.53. The first-order chi connectivity index (χ1) is 8.54. The summed E-state index contributed by atoms with van der Waals surface area (Å²) >= 11 is 5.34. The molecule has 1 atom stereocenters. The standard InChI is InChI=1S/C13H18BrN3S/c1-8-10(9(2)17(4)16-8)5-13(15-3)11-6-18-7-12(11)14/h6-7,13,15H,5H2,1-4H3. The molecule has 0 aliphatic heterocycles. The van der Waals surface area contributed by atoms with Crippen LogP contribution in [0.1, 0.15) is 28.6 Å². The van der Waals surface area contributed by atoms with E-state index in [4.69, 9.17) is 0 Å². The highest BCUT2D eigenvalue weighted by molar-refractivity contribution is 9.10. The third-order valence-electron chi connectivity index (χ3n) is 3.43. The monoisotopic (exact) mass is 327 g/mol. The van der Waals surface area contributed by atoms with Gasteiger partial charge >= 0.3 is 0 Å². The van der Waals surface area contributed by atoms with Gasteiger partial charge in [-0.2, -0.15) is 16.4 Å². The van der Waals surface area contributed by atoms with Crippen LogP contribution in [0.3, 0.4) is 0 Å². The quantitative estimate of drug-likeness (QED) is 0.933. The molecular weight excluding hydrogens is 310 g/mol. The molecule has 0 amide bonds. The second kappa shape index (κ2) is 5.55. The first-order valence-corrected chi connectivity index (χ1v) is 7.66. The van der Waals surface area contributed by atoms with Gasteiger partial charge in [0.15, 0.2) is 0 Å². The predicted molar refractivity (Wildman–Crippen MR) is 80.2 cm³/mol. The van der Waals surface area contributed by atoms with Crippen molar-refractivity contribution in [2.75, 3.05) is 7.05 Å². The smallest absolute Gasteiger partial charge is 0.0629 e. The first kappa shape index (κ1) is 13.8. The van der Waals surface area contributed by atoms with Crippen molar-refractivity contribution in [3.63, 3.8) is 0 Å². The molecule has 2 rings (SSSR count). The Morgan fingerprint density at radius 2 is 2.17 bits per heavy atom. The van der Waals surface area contributed by atoms with Gasteiger partial charge in [-0.05, 0) is 59.8 Å². The molecule has 3 nitrogen and oxygen atoms in total. The van der Waals surface area contributed by atoms with Gasteiger partial charge in [0, 0.05) is 28.6 Å². The molecule has 2 aromatic rings. The number of nitrogens with one attached hydrogen (secondary N) is 1. The number of nitrogens with zero attached hydrogens (tertiary/aromatic N) is 2. The molecule has 0 aliphatic carbocycles. The number of aromatic nitrogens is 2. The largest absolute Gasteiger partial charge is 0.313 e. The number of thiophene rings is 1. The number of halogens is 1. The van der Waals surface area contributed by atoms with Gasteiger partial charge in [0.2, 0.25) is 0 Å². The van der Waals surface area contributed by atoms with Gasteiger partial charge in [-0.25, -0.2) is 0 Å². The van der Waals surface area contributed by atoms with E-state index in [9.17, 15) is 0 Å². The molecule has 0 fully saturated rings. The summed E-state index contributed by atoms with van der Waals surface area (Å²) in [6, 6.07) is 0.326. The number of hydrogen-bond acceptors (Lipinski definition) is 3. The molecule has 5 heteroatoms. The van der Waals surface area contributed by atoms with Crippen LogP contribution in [-0.4, -0.2) is 16.8 Å². The third-order valence-corrected chi connectivity index (χ3v) is 5.18. The Bertz CT molecular complexity index is 544. The van der Waals surface area contributed by atoms with Crippen LogP contribution in [0.2, 0.25) is 0 Å². The minimum Gasteiger partial charge on any atom is -0.313 e. The highest BCUT2D eigenvalue weighted by Gasteiger charge is 2.18. The molecule has 0 saturated carbocycles. The molecule has 0 radical (unpaired) electrons. The van der Waals surface area contributed by atoms with Crippen molar-refractivity contribution in [2.24, 2.45) is 7.05 Å². The Morgan fingerprint density at radius 1 is 1.44 bits per heavy atom. The van der Waals surface area contributed by atoms with Crippen LogP contribution in [0.5, 0.6) is 0 Å². The Hall–Kier alpha value is -0.650. The van der Waals surface area contributed by atoms with E-state index in [1.165, 1.54) is 21.3 Å². The van der Waals surface area contributed by atoms with Gasteiger partial charge in [-0.3, -0.25) is 4.68 Å². The lowest BCUT2D eigenvalue weighted by molar-refractivity contribution is 0.588. The van der Waals surface area contributed by atoms with Crippen molar-refractivity contribution >= 4 is 27.3 Å². The van der Waals surface area contributed by atoms with Crippen LogP contribution in [0.4, 0.5) is 0 Å². The second-order valence-corrected chi connectivity index (χ2v) is 6.09. The summed E-state index contributed by atoms with van der Waals surface area (Å²) in [6.45, 7) is 4.21. The fraction of sp³-hybridized carbons (Fsp3) is 0.462. The lowest BCUT2D eigenvalue weighted by Crippen LogP contribution is -2.19. The van der Waals surface area contributed by atoms with Crippen molar-refractivity contribution in [1.82, 2.24) is 15.1 Å². The molecule has 0 bridgehead atoms. The molecule has 2 heterocycles. The topological polar surface area (TPSA) is 29.9 Å². The van der Waals surface area contributed by atoms with Crippen LogP contribution in [0, 0.1) is 13.8 Å². The van der Waals surface area contributed by atoms with Gasteiger partial charge in [-0.1, -0.05) is 0 Å². The van der Waals surface area contributed by atoms with E-state index in [0.717, 1.165) is 12.1 Å². The molecular formula is C13H18BrN3S. The van der Waals surface area contributed by atoms with Gasteiger partial charge in [0.05, 0.1) is 5.69 Å². The number of hydrogen-bond donors (Lipinski definition) is 1. The van der Waals surface area contributed by atoms with E-state index < -0.39 is 0 Å². The van der Waals surface area contributed by atoms with Crippen LogP contribution in [0.15, 0.2) is 15.2 Å². The molecule has 0 aliphatic rings. The zero-order valence-electron chi connectivity index (χ0n) is 11.1. The van der Waals surface area contributed by atoms with Crippen molar-refractivity contribution < 1.29 is 0 Å². The van der Waals surface area contributed by atoms with Gasteiger partial charge in [-0.15, -0.1) is 0 Å². The summed E-state index contributed by atoms with van der Waals surface area (Å²) in [5.74, 6) is 0. The van der Waals surface area contributed by atoms with Gasteiger partial charge < -0.3 is 5.32 Å². The molecule has 0 aromatic carbocycles. The van der Waals surface area contributed by atoms with Crippen molar-refractivity contribution in [3.8, 4) is 0 Å². The molecule has 0 saturated heterocycles. The van der Waals surface area contributed by atoms with Crippen molar-refractivity contribution in [2.45, 2.75) is 26.3 Å². The molecule has 1 N–H and O–H groups in total. The Balaban J connectivity index is 2.29. The molecule has 2 aromatic heterocycles. The summed E-state index contributed by atoms with van der Waals surface area (Å²) < 4.78 is 3.14. The van der Waals surface area contributed by atoms with Gasteiger partial charge in [0.25, 0.3) is 0 Å².